The van der Waals surface area contributed by atoms with Gasteiger partial charge in [-0.05, 0) is 11.1 Å². The monoisotopic (exact) mass is 268 g/mol. The summed E-state index contributed by atoms with van der Waals surface area (Å²) in [4.78, 5) is 11.7. The molecule has 1 aliphatic heterocycles. The molecule has 4 nitrogen and oxygen atoms in total. The molecule has 0 amide bonds. The minimum absolute atomic E-state index is 0.459. The van der Waals surface area contributed by atoms with Crippen LogP contribution in [0.2, 0.25) is 0 Å². The van der Waals surface area contributed by atoms with Gasteiger partial charge in [0.25, 0.3) is 0 Å². The van der Waals surface area contributed by atoms with Crippen molar-refractivity contribution in [2.75, 3.05) is 6.67 Å². The van der Waals surface area contributed by atoms with Crippen LogP contribution in [0, 0.1) is 0 Å². The van der Waals surface area contributed by atoms with Crippen LogP contribution in [0.1, 0.15) is 11.1 Å². The third-order valence-electron chi connectivity index (χ3n) is 3.81. The van der Waals surface area contributed by atoms with Gasteiger partial charge in [0, 0.05) is 6.67 Å². The summed E-state index contributed by atoms with van der Waals surface area (Å²) in [6.07, 6.45) is 0. The van der Waals surface area contributed by atoms with E-state index in [1.807, 2.05) is 60.7 Å². The maximum absolute atomic E-state index is 11.7. The molecule has 0 bridgehead atoms. The quantitative estimate of drug-likeness (QED) is 0.790. The average molecular weight is 268 g/mol. The molecule has 2 aromatic carbocycles. The Balaban J connectivity index is 2.21. The Morgan fingerprint density at radius 1 is 1.00 bits per heavy atom. The molecule has 2 aromatic rings. The van der Waals surface area contributed by atoms with E-state index in [-0.39, 0.29) is 0 Å². The number of carboxylic acids is 1. The minimum atomic E-state index is -0.859. The fourth-order valence-corrected chi connectivity index (χ4v) is 2.93. The molecule has 0 radical (unpaired) electrons. The molecule has 102 valence electrons. The molecule has 4 heteroatoms. The predicted octanol–water partition coefficient (Wildman–Crippen LogP) is 1.53. The van der Waals surface area contributed by atoms with Gasteiger partial charge < -0.3 is 5.11 Å². The van der Waals surface area contributed by atoms with Crippen molar-refractivity contribution in [2.24, 2.45) is 0 Å². The van der Waals surface area contributed by atoms with Crippen LogP contribution >= 0.6 is 0 Å². The molecule has 1 unspecified atom stereocenters. The zero-order valence-electron chi connectivity index (χ0n) is 10.9. The van der Waals surface area contributed by atoms with Gasteiger partial charge in [-0.3, -0.25) is 15.4 Å². The lowest BCUT2D eigenvalue weighted by molar-refractivity contribution is -0.140. The second kappa shape index (κ2) is 5.07. The lowest BCUT2D eigenvalue weighted by atomic mass is 9.78. The fourth-order valence-electron chi connectivity index (χ4n) is 2.93. The second-order valence-corrected chi connectivity index (χ2v) is 4.87. The molecule has 1 saturated heterocycles. The Morgan fingerprint density at radius 2 is 1.50 bits per heavy atom. The van der Waals surface area contributed by atoms with Crippen LogP contribution in [0.15, 0.2) is 60.7 Å². The van der Waals surface area contributed by atoms with Crippen LogP contribution in [-0.2, 0) is 10.3 Å². The van der Waals surface area contributed by atoms with Gasteiger partial charge in [-0.1, -0.05) is 60.7 Å². The Hall–Kier alpha value is -2.17. The minimum Gasteiger partial charge on any atom is -0.480 e. The number of aliphatic carboxylic acids is 1. The SMILES string of the molecule is O=C(O)C1NCNC1(c1ccccc1)c1ccccc1. The molecule has 0 aromatic heterocycles. The fraction of sp³-hybridized carbons (Fsp3) is 0.188. The highest BCUT2D eigenvalue weighted by Crippen LogP contribution is 2.35. The number of nitrogens with one attached hydrogen (secondary N) is 2. The molecule has 0 aliphatic carbocycles. The predicted molar refractivity (Wildman–Crippen MR) is 76.2 cm³/mol. The number of carbonyl (C=O) groups is 1. The van der Waals surface area contributed by atoms with Crippen molar-refractivity contribution < 1.29 is 9.90 Å². The highest BCUT2D eigenvalue weighted by molar-refractivity contribution is 5.78. The maximum Gasteiger partial charge on any atom is 0.323 e. The van der Waals surface area contributed by atoms with E-state index in [2.05, 4.69) is 10.6 Å². The van der Waals surface area contributed by atoms with Gasteiger partial charge in [0.15, 0.2) is 0 Å². The number of rotatable bonds is 3. The van der Waals surface area contributed by atoms with Gasteiger partial charge in [0.2, 0.25) is 0 Å². The van der Waals surface area contributed by atoms with Crippen molar-refractivity contribution in [3.8, 4) is 0 Å². The first-order valence-corrected chi connectivity index (χ1v) is 6.57. The highest BCUT2D eigenvalue weighted by atomic mass is 16.4. The Bertz CT molecular complexity index is 559. The first kappa shape index (κ1) is 12.8. The number of hydrogen-bond donors (Lipinski definition) is 3. The summed E-state index contributed by atoms with van der Waals surface area (Å²) < 4.78 is 0. The van der Waals surface area contributed by atoms with Crippen LogP contribution in [-0.4, -0.2) is 23.8 Å². The van der Waals surface area contributed by atoms with Gasteiger partial charge in [-0.25, -0.2) is 0 Å². The van der Waals surface area contributed by atoms with Gasteiger partial charge >= 0.3 is 5.97 Å². The number of hydrogen-bond acceptors (Lipinski definition) is 3. The van der Waals surface area contributed by atoms with Gasteiger partial charge in [-0.2, -0.15) is 0 Å². The Kier molecular flexibility index (Phi) is 3.26. The third kappa shape index (κ3) is 1.90. The molecule has 1 fully saturated rings. The third-order valence-corrected chi connectivity index (χ3v) is 3.81. The van der Waals surface area contributed by atoms with Crippen molar-refractivity contribution in [1.82, 2.24) is 10.6 Å². The molecule has 3 N–H and O–H groups in total. The van der Waals surface area contributed by atoms with Crippen molar-refractivity contribution in [3.05, 3.63) is 71.8 Å². The van der Waals surface area contributed by atoms with Gasteiger partial charge in [-0.15, -0.1) is 0 Å². The summed E-state index contributed by atoms with van der Waals surface area (Å²) in [5.74, 6) is -0.859. The van der Waals surface area contributed by atoms with Crippen LogP contribution in [0.4, 0.5) is 0 Å². The lowest BCUT2D eigenvalue weighted by Gasteiger charge is -2.34. The molecule has 3 rings (SSSR count). The molecular formula is C16H16N2O2. The van der Waals surface area contributed by atoms with E-state index in [0.29, 0.717) is 6.67 Å². The summed E-state index contributed by atoms with van der Waals surface area (Å²) in [5.41, 5.74) is 1.15. The molecule has 1 aliphatic rings. The summed E-state index contributed by atoms with van der Waals surface area (Å²) >= 11 is 0. The van der Waals surface area contributed by atoms with Crippen LogP contribution in [0.5, 0.6) is 0 Å². The second-order valence-electron chi connectivity index (χ2n) is 4.87. The lowest BCUT2D eigenvalue weighted by Crippen LogP contribution is -2.51. The molecule has 1 atom stereocenters. The summed E-state index contributed by atoms with van der Waals surface area (Å²) in [6, 6.07) is 18.7. The van der Waals surface area contributed by atoms with E-state index in [1.54, 1.807) is 0 Å². The van der Waals surface area contributed by atoms with E-state index in [9.17, 15) is 9.90 Å². The number of benzene rings is 2. The van der Waals surface area contributed by atoms with Crippen LogP contribution in [0.25, 0.3) is 0 Å². The van der Waals surface area contributed by atoms with Crippen molar-refractivity contribution in [3.63, 3.8) is 0 Å². The molecule has 20 heavy (non-hydrogen) atoms. The van der Waals surface area contributed by atoms with E-state index in [0.717, 1.165) is 11.1 Å². The first-order chi connectivity index (χ1) is 9.75. The van der Waals surface area contributed by atoms with E-state index >= 15 is 0 Å². The molecule has 1 heterocycles. The molecular weight excluding hydrogens is 252 g/mol. The first-order valence-electron chi connectivity index (χ1n) is 6.57. The van der Waals surface area contributed by atoms with Gasteiger partial charge in [0.1, 0.15) is 6.04 Å². The zero-order chi connectivity index (χ0) is 14.0. The average Bonchev–Trinajstić information content (AvgIpc) is 2.95. The normalized spacial score (nSPS) is 20.7. The zero-order valence-corrected chi connectivity index (χ0v) is 10.9. The Morgan fingerprint density at radius 3 is 1.95 bits per heavy atom. The maximum atomic E-state index is 11.7. The van der Waals surface area contributed by atoms with E-state index in [1.165, 1.54) is 0 Å². The molecule has 0 spiro atoms. The largest absolute Gasteiger partial charge is 0.480 e. The summed E-state index contributed by atoms with van der Waals surface area (Å²) in [7, 11) is 0. The summed E-state index contributed by atoms with van der Waals surface area (Å²) in [6.45, 7) is 0.459. The highest BCUT2D eigenvalue weighted by Gasteiger charge is 2.49. The van der Waals surface area contributed by atoms with Gasteiger partial charge in [0.05, 0.1) is 5.54 Å². The van der Waals surface area contributed by atoms with E-state index < -0.39 is 17.6 Å². The topological polar surface area (TPSA) is 61.4 Å². The smallest absolute Gasteiger partial charge is 0.323 e. The molecule has 0 saturated carbocycles. The van der Waals surface area contributed by atoms with Crippen molar-refractivity contribution >= 4 is 5.97 Å². The summed E-state index contributed by atoms with van der Waals surface area (Å²) in [5, 5.41) is 15.9. The van der Waals surface area contributed by atoms with Crippen molar-refractivity contribution in [2.45, 2.75) is 11.6 Å². The standard InChI is InChI=1S/C16H16N2O2/c19-15(20)14-16(18-11-17-14,12-7-3-1-4-8-12)13-9-5-2-6-10-13/h1-10,14,17-18H,11H2,(H,19,20). The van der Waals surface area contributed by atoms with Crippen LogP contribution in [0.3, 0.4) is 0 Å². The van der Waals surface area contributed by atoms with E-state index in [4.69, 9.17) is 0 Å². The van der Waals surface area contributed by atoms with Crippen LogP contribution < -0.4 is 10.6 Å². The number of carboxylic acid groups (broad SMARTS) is 1. The van der Waals surface area contributed by atoms with Crippen molar-refractivity contribution in [1.29, 1.82) is 0 Å². The Labute approximate surface area is 117 Å².